The average Bonchev–Trinajstić information content (AvgIpc) is 3.29. The van der Waals surface area contributed by atoms with Crippen molar-refractivity contribution in [2.24, 2.45) is 0 Å². The minimum Gasteiger partial charge on any atom is -0.370 e. The fourth-order valence-corrected chi connectivity index (χ4v) is 5.65. The normalized spacial score (nSPS) is 10.9. The first-order valence-electron chi connectivity index (χ1n) is 14.9. The van der Waals surface area contributed by atoms with Gasteiger partial charge in [0.2, 0.25) is 11.9 Å². The number of aromatic nitrogens is 5. The Morgan fingerprint density at radius 2 is 1.31 bits per heavy atom. The molecule has 0 atom stereocenters. The predicted molar refractivity (Wildman–Crippen MR) is 188 cm³/mol. The highest BCUT2D eigenvalue weighted by Crippen LogP contribution is 2.28. The second-order valence-corrected chi connectivity index (χ2v) is 11.8. The van der Waals surface area contributed by atoms with E-state index in [1.54, 1.807) is 6.07 Å². The number of hydrogen-bond donors (Lipinski definition) is 4. The zero-order valence-electron chi connectivity index (χ0n) is 26.6. The van der Waals surface area contributed by atoms with Crippen LogP contribution in [0.5, 0.6) is 0 Å². The third-order valence-corrected chi connectivity index (χ3v) is 8.37. The van der Waals surface area contributed by atoms with Gasteiger partial charge in [0.25, 0.3) is 0 Å². The van der Waals surface area contributed by atoms with Crippen molar-refractivity contribution >= 4 is 40.2 Å². The summed E-state index contributed by atoms with van der Waals surface area (Å²) >= 11 is 5.86. The van der Waals surface area contributed by atoms with Gasteiger partial charge in [-0.25, -0.2) is 15.0 Å². The molecule has 0 unspecified atom stereocenters. The fourth-order valence-electron chi connectivity index (χ4n) is 5.46. The molecule has 0 aliphatic rings. The highest BCUT2D eigenvalue weighted by molar-refractivity contribution is 6.29. The fraction of sp³-hybridized carbons (Fsp3) is 0.222. The Kier molecular flexibility index (Phi) is 9.34. The van der Waals surface area contributed by atoms with E-state index in [1.807, 2.05) is 24.3 Å². The Bertz CT molecular complexity index is 1980. The van der Waals surface area contributed by atoms with Crippen LogP contribution in [0.2, 0.25) is 5.15 Å². The third kappa shape index (κ3) is 7.24. The van der Waals surface area contributed by atoms with Crippen LogP contribution in [-0.4, -0.2) is 31.5 Å². The summed E-state index contributed by atoms with van der Waals surface area (Å²) < 4.78 is 0. The molecule has 6 rings (SSSR count). The van der Waals surface area contributed by atoms with Crippen LogP contribution in [0, 0.1) is 41.5 Å². The largest absolute Gasteiger partial charge is 0.370 e. The monoisotopic (exact) mass is 618 g/mol. The molecule has 0 bridgehead atoms. The average molecular weight is 619 g/mol. The van der Waals surface area contributed by atoms with Gasteiger partial charge >= 0.3 is 0 Å². The molecule has 9 heteroatoms. The molecule has 0 fully saturated rings. The molecule has 0 saturated heterocycles. The molecular formula is C36H39ClN8. The summed E-state index contributed by atoms with van der Waals surface area (Å²) in [5.41, 5.74) is 25.2. The summed E-state index contributed by atoms with van der Waals surface area (Å²) in [6, 6.07) is 22.5. The minimum absolute atomic E-state index is 0.198. The van der Waals surface area contributed by atoms with Crippen LogP contribution in [0.25, 0.3) is 33.4 Å². The highest BCUT2D eigenvalue weighted by Gasteiger charge is 2.11. The van der Waals surface area contributed by atoms with E-state index in [1.165, 1.54) is 50.0 Å². The molecule has 0 saturated carbocycles. The predicted octanol–water partition coefficient (Wildman–Crippen LogP) is 8.09. The van der Waals surface area contributed by atoms with Crippen molar-refractivity contribution in [3.63, 3.8) is 0 Å². The van der Waals surface area contributed by atoms with E-state index in [2.05, 4.69) is 108 Å². The molecule has 3 heterocycles. The minimum atomic E-state index is 0.198. The van der Waals surface area contributed by atoms with Crippen molar-refractivity contribution in [2.75, 3.05) is 23.3 Å². The van der Waals surface area contributed by atoms with Gasteiger partial charge in [-0.2, -0.15) is 4.98 Å². The second-order valence-electron chi connectivity index (χ2n) is 11.4. The Morgan fingerprint density at radius 1 is 0.711 bits per heavy atom. The Labute approximate surface area is 269 Å². The van der Waals surface area contributed by atoms with Gasteiger partial charge in [0.15, 0.2) is 0 Å². The molecule has 230 valence electrons. The van der Waals surface area contributed by atoms with E-state index >= 15 is 0 Å². The topological polar surface area (TPSA) is 131 Å². The van der Waals surface area contributed by atoms with Crippen molar-refractivity contribution in [3.05, 3.63) is 111 Å². The Balaban J connectivity index is 0.000000211. The number of aryl methyl sites for hydroxylation is 4. The standard InChI is InChI=1S/C24H27N5.C12H12ClN3/c1-14-8-9-21-20(12-14)19(17(4)27-21)10-11-26-23-13-22(28-24(25)29-23)18-7-5-6-15(2)16(18)3;1-7-4-3-5-9(8(7)2)10-6-11(13)16-12(14)15-10/h5-9,12-13,27H,10-11H2,1-4H3,(H3,25,26,28,29);3-6H,1-2H3,(H2,14,15,16). The molecule has 0 aliphatic carbocycles. The van der Waals surface area contributed by atoms with Gasteiger partial charge in [0, 0.05) is 46.4 Å². The number of benzene rings is 3. The van der Waals surface area contributed by atoms with E-state index in [4.69, 9.17) is 23.1 Å². The first-order chi connectivity index (χ1) is 21.5. The van der Waals surface area contributed by atoms with Gasteiger partial charge in [-0.3, -0.25) is 0 Å². The highest BCUT2D eigenvalue weighted by atomic mass is 35.5. The number of nitrogens with one attached hydrogen (secondary N) is 2. The molecule has 0 spiro atoms. The van der Waals surface area contributed by atoms with E-state index in [9.17, 15) is 0 Å². The van der Waals surface area contributed by atoms with Gasteiger partial charge in [-0.1, -0.05) is 59.6 Å². The van der Waals surface area contributed by atoms with E-state index in [-0.39, 0.29) is 11.9 Å². The SMILES string of the molecule is Cc1ccc2[nH]c(C)c(CCNc3cc(-c4cccc(C)c4C)nc(N)n3)c2c1.Cc1cccc(-c2cc(Cl)nc(N)n2)c1C. The zero-order valence-corrected chi connectivity index (χ0v) is 27.3. The summed E-state index contributed by atoms with van der Waals surface area (Å²) in [6.45, 7) is 13.4. The van der Waals surface area contributed by atoms with Crippen LogP contribution >= 0.6 is 11.6 Å². The number of anilines is 3. The van der Waals surface area contributed by atoms with E-state index in [0.29, 0.717) is 5.15 Å². The lowest BCUT2D eigenvalue weighted by atomic mass is 10.0. The lowest BCUT2D eigenvalue weighted by Crippen LogP contribution is -2.09. The number of fused-ring (bicyclic) bond motifs is 1. The molecule has 3 aromatic heterocycles. The van der Waals surface area contributed by atoms with Crippen LogP contribution in [-0.2, 0) is 6.42 Å². The van der Waals surface area contributed by atoms with Crippen LogP contribution in [0.4, 0.5) is 17.7 Å². The summed E-state index contributed by atoms with van der Waals surface area (Å²) in [7, 11) is 0. The molecule has 45 heavy (non-hydrogen) atoms. The lowest BCUT2D eigenvalue weighted by Gasteiger charge is -2.11. The van der Waals surface area contributed by atoms with Crippen molar-refractivity contribution < 1.29 is 0 Å². The second kappa shape index (κ2) is 13.4. The molecule has 3 aromatic carbocycles. The Hall–Kier alpha value is -4.95. The summed E-state index contributed by atoms with van der Waals surface area (Å²) in [6.07, 6.45) is 0.901. The van der Waals surface area contributed by atoms with E-state index in [0.717, 1.165) is 41.3 Å². The maximum Gasteiger partial charge on any atom is 0.222 e. The van der Waals surface area contributed by atoms with Crippen molar-refractivity contribution in [2.45, 2.75) is 48.0 Å². The smallest absolute Gasteiger partial charge is 0.222 e. The van der Waals surface area contributed by atoms with Crippen LogP contribution in [0.15, 0.2) is 66.7 Å². The van der Waals surface area contributed by atoms with Crippen molar-refractivity contribution in [1.29, 1.82) is 0 Å². The number of H-pyrrole nitrogens is 1. The van der Waals surface area contributed by atoms with Crippen LogP contribution in [0.1, 0.15) is 39.1 Å². The maximum absolute atomic E-state index is 6.00. The number of rotatable bonds is 6. The van der Waals surface area contributed by atoms with Crippen molar-refractivity contribution in [3.8, 4) is 22.5 Å². The summed E-state index contributed by atoms with van der Waals surface area (Å²) in [5, 5.41) is 5.09. The number of hydrogen-bond acceptors (Lipinski definition) is 7. The summed E-state index contributed by atoms with van der Waals surface area (Å²) in [4.78, 5) is 20.3. The number of nitrogens with zero attached hydrogens (tertiary/aromatic N) is 4. The zero-order chi connectivity index (χ0) is 32.2. The first-order valence-corrected chi connectivity index (χ1v) is 15.3. The number of nitrogens with two attached hydrogens (primary N) is 2. The third-order valence-electron chi connectivity index (χ3n) is 8.17. The molecule has 6 aromatic rings. The number of nitrogen functional groups attached to an aromatic ring is 2. The molecular weight excluding hydrogens is 580 g/mol. The molecule has 0 aliphatic heterocycles. The van der Waals surface area contributed by atoms with Gasteiger partial charge in [0.05, 0.1) is 11.4 Å². The Morgan fingerprint density at radius 3 is 1.93 bits per heavy atom. The quantitative estimate of drug-likeness (QED) is 0.139. The molecule has 8 nitrogen and oxygen atoms in total. The van der Waals surface area contributed by atoms with Crippen molar-refractivity contribution in [1.82, 2.24) is 24.9 Å². The van der Waals surface area contributed by atoms with E-state index < -0.39 is 0 Å². The molecule has 6 N–H and O–H groups in total. The van der Waals surface area contributed by atoms with Crippen LogP contribution in [0.3, 0.4) is 0 Å². The summed E-state index contributed by atoms with van der Waals surface area (Å²) in [5.74, 6) is 1.23. The maximum atomic E-state index is 6.00. The van der Waals surface area contributed by atoms with Gasteiger partial charge < -0.3 is 21.8 Å². The van der Waals surface area contributed by atoms with Crippen LogP contribution < -0.4 is 16.8 Å². The molecule has 0 radical (unpaired) electrons. The molecule has 0 amide bonds. The lowest BCUT2D eigenvalue weighted by molar-refractivity contribution is 0.994. The number of halogens is 1. The number of aromatic amines is 1. The van der Waals surface area contributed by atoms with Gasteiger partial charge in [0.1, 0.15) is 11.0 Å². The van der Waals surface area contributed by atoms with Gasteiger partial charge in [-0.05, 0) is 87.9 Å². The van der Waals surface area contributed by atoms with Gasteiger partial charge in [-0.15, -0.1) is 0 Å². The first kappa shape index (κ1) is 31.5.